The van der Waals surface area contributed by atoms with E-state index in [9.17, 15) is 9.59 Å². The van der Waals surface area contributed by atoms with E-state index >= 15 is 0 Å². The molecule has 0 amide bonds. The molecule has 0 aromatic rings. The van der Waals surface area contributed by atoms with Gasteiger partial charge in [-0.1, -0.05) is 0 Å². The standard InChI is InChI=1S/C6H9NO4/c7-5(6(9)10)3-1-2-4(8)11-3/h3,5H,1-2,7H2,(H,9,10)/t3-,5-/m0/s1. The number of carbonyl (C=O) groups is 2. The molecule has 0 unspecified atom stereocenters. The van der Waals surface area contributed by atoms with Crippen molar-refractivity contribution in [2.24, 2.45) is 5.73 Å². The van der Waals surface area contributed by atoms with E-state index in [1.807, 2.05) is 0 Å². The lowest BCUT2D eigenvalue weighted by Crippen LogP contribution is -2.41. The molecule has 1 rings (SSSR count). The molecular formula is C6H9NO4. The molecule has 0 radical (unpaired) electrons. The molecule has 0 spiro atoms. The highest BCUT2D eigenvalue weighted by Crippen LogP contribution is 2.15. The Morgan fingerprint density at radius 1 is 1.82 bits per heavy atom. The van der Waals surface area contributed by atoms with Crippen LogP contribution in [0.5, 0.6) is 0 Å². The Bertz CT molecular complexity index is 191. The number of carboxylic acids is 1. The van der Waals surface area contributed by atoms with E-state index in [0.29, 0.717) is 6.42 Å². The predicted octanol–water partition coefficient (Wildman–Crippen LogP) is -0.896. The first-order chi connectivity index (χ1) is 5.11. The van der Waals surface area contributed by atoms with E-state index in [2.05, 4.69) is 4.74 Å². The third kappa shape index (κ3) is 1.68. The number of ether oxygens (including phenoxy) is 1. The lowest BCUT2D eigenvalue weighted by molar-refractivity contribution is -0.147. The van der Waals surface area contributed by atoms with Crippen LogP contribution in [0.3, 0.4) is 0 Å². The molecule has 1 saturated heterocycles. The lowest BCUT2D eigenvalue weighted by Gasteiger charge is -2.12. The number of carboxylic acid groups (broad SMARTS) is 1. The number of cyclic esters (lactones) is 1. The summed E-state index contributed by atoms with van der Waals surface area (Å²) in [6.07, 6.45) is 0.0396. The molecule has 1 aliphatic rings. The van der Waals surface area contributed by atoms with Gasteiger partial charge in [-0.3, -0.25) is 9.59 Å². The summed E-state index contributed by atoms with van der Waals surface area (Å²) in [5, 5.41) is 8.41. The molecule has 1 fully saturated rings. The van der Waals surface area contributed by atoms with Gasteiger partial charge in [0.25, 0.3) is 0 Å². The zero-order valence-corrected chi connectivity index (χ0v) is 5.82. The van der Waals surface area contributed by atoms with Crippen molar-refractivity contribution in [1.29, 1.82) is 0 Å². The first-order valence-electron chi connectivity index (χ1n) is 3.29. The third-order valence-corrected chi connectivity index (χ3v) is 1.60. The van der Waals surface area contributed by atoms with Gasteiger partial charge >= 0.3 is 11.9 Å². The summed E-state index contributed by atoms with van der Waals surface area (Å²) in [4.78, 5) is 20.8. The summed E-state index contributed by atoms with van der Waals surface area (Å²) in [6.45, 7) is 0. The monoisotopic (exact) mass is 159 g/mol. The molecular weight excluding hydrogens is 150 g/mol. The third-order valence-electron chi connectivity index (χ3n) is 1.60. The van der Waals surface area contributed by atoms with Crippen LogP contribution in [0.15, 0.2) is 0 Å². The summed E-state index contributed by atoms with van der Waals surface area (Å²) >= 11 is 0. The first kappa shape index (κ1) is 8.00. The molecule has 2 atom stereocenters. The quantitative estimate of drug-likeness (QED) is 0.510. The Balaban J connectivity index is 2.49. The van der Waals surface area contributed by atoms with Crippen LogP contribution in [0.4, 0.5) is 0 Å². The number of hydrogen-bond donors (Lipinski definition) is 2. The molecule has 5 heteroatoms. The predicted molar refractivity (Wildman–Crippen MR) is 34.7 cm³/mol. The van der Waals surface area contributed by atoms with E-state index in [0.717, 1.165) is 0 Å². The first-order valence-corrected chi connectivity index (χ1v) is 3.29. The maximum atomic E-state index is 10.5. The molecule has 0 saturated carbocycles. The van der Waals surface area contributed by atoms with Gasteiger partial charge in [-0.05, 0) is 6.42 Å². The highest BCUT2D eigenvalue weighted by Gasteiger charge is 2.32. The fraction of sp³-hybridized carbons (Fsp3) is 0.667. The lowest BCUT2D eigenvalue weighted by atomic mass is 10.1. The second kappa shape index (κ2) is 2.87. The molecule has 0 bridgehead atoms. The van der Waals surface area contributed by atoms with Crippen molar-refractivity contribution >= 4 is 11.9 Å². The zero-order valence-electron chi connectivity index (χ0n) is 5.82. The Labute approximate surface area is 63.1 Å². The van der Waals surface area contributed by atoms with Crippen molar-refractivity contribution in [1.82, 2.24) is 0 Å². The van der Waals surface area contributed by atoms with Crippen LogP contribution in [0, 0.1) is 0 Å². The van der Waals surface area contributed by atoms with Gasteiger partial charge in [0.2, 0.25) is 0 Å². The van der Waals surface area contributed by atoms with Crippen LogP contribution in [0.2, 0.25) is 0 Å². The normalized spacial score (nSPS) is 26.3. The van der Waals surface area contributed by atoms with Gasteiger partial charge in [-0.2, -0.15) is 0 Å². The van der Waals surface area contributed by atoms with Crippen molar-refractivity contribution in [3.8, 4) is 0 Å². The average molecular weight is 159 g/mol. The second-order valence-corrected chi connectivity index (χ2v) is 2.43. The smallest absolute Gasteiger partial charge is 0.324 e. The maximum Gasteiger partial charge on any atom is 0.324 e. The van der Waals surface area contributed by atoms with Gasteiger partial charge in [-0.15, -0.1) is 0 Å². The van der Waals surface area contributed by atoms with Crippen LogP contribution in [-0.4, -0.2) is 29.2 Å². The Morgan fingerprint density at radius 2 is 2.45 bits per heavy atom. The van der Waals surface area contributed by atoms with Gasteiger partial charge in [0.15, 0.2) is 0 Å². The molecule has 0 aliphatic carbocycles. The van der Waals surface area contributed by atoms with Gasteiger partial charge in [-0.25, -0.2) is 0 Å². The van der Waals surface area contributed by atoms with Crippen molar-refractivity contribution in [3.05, 3.63) is 0 Å². The van der Waals surface area contributed by atoms with E-state index in [1.54, 1.807) is 0 Å². The minimum atomic E-state index is -1.13. The van der Waals surface area contributed by atoms with E-state index < -0.39 is 18.1 Å². The number of carbonyl (C=O) groups excluding carboxylic acids is 1. The fourth-order valence-corrected chi connectivity index (χ4v) is 0.959. The van der Waals surface area contributed by atoms with Crippen LogP contribution in [0.1, 0.15) is 12.8 Å². The van der Waals surface area contributed by atoms with Crippen LogP contribution in [-0.2, 0) is 14.3 Å². The van der Waals surface area contributed by atoms with Gasteiger partial charge in [0.05, 0.1) is 0 Å². The highest BCUT2D eigenvalue weighted by atomic mass is 16.6. The average Bonchev–Trinajstić information content (AvgIpc) is 2.34. The summed E-state index contributed by atoms with van der Waals surface area (Å²) in [6, 6.07) is -1.08. The van der Waals surface area contributed by atoms with E-state index in [-0.39, 0.29) is 12.4 Å². The Hall–Kier alpha value is -1.10. The molecule has 3 N–H and O–H groups in total. The number of nitrogens with two attached hydrogens (primary N) is 1. The highest BCUT2D eigenvalue weighted by molar-refractivity contribution is 5.77. The van der Waals surface area contributed by atoms with Crippen molar-refractivity contribution in [2.75, 3.05) is 0 Å². The SMILES string of the molecule is N[C@H](C(=O)O)[C@@H]1CCC(=O)O1. The molecule has 62 valence electrons. The second-order valence-electron chi connectivity index (χ2n) is 2.43. The van der Waals surface area contributed by atoms with Gasteiger partial charge in [0.1, 0.15) is 12.1 Å². The summed E-state index contributed by atoms with van der Waals surface area (Å²) in [7, 11) is 0. The topological polar surface area (TPSA) is 89.6 Å². The summed E-state index contributed by atoms with van der Waals surface area (Å²) in [5.74, 6) is -1.50. The zero-order chi connectivity index (χ0) is 8.43. The molecule has 0 aromatic carbocycles. The van der Waals surface area contributed by atoms with E-state index in [4.69, 9.17) is 10.8 Å². The maximum absolute atomic E-state index is 10.5. The summed E-state index contributed by atoms with van der Waals surface area (Å²) in [5.41, 5.74) is 5.21. The Kier molecular flexibility index (Phi) is 2.09. The fourth-order valence-electron chi connectivity index (χ4n) is 0.959. The van der Waals surface area contributed by atoms with Crippen LogP contribution >= 0.6 is 0 Å². The number of esters is 1. The largest absolute Gasteiger partial charge is 0.480 e. The van der Waals surface area contributed by atoms with Crippen LogP contribution in [0.25, 0.3) is 0 Å². The number of rotatable bonds is 2. The number of aliphatic carboxylic acids is 1. The van der Waals surface area contributed by atoms with Crippen LogP contribution < -0.4 is 5.73 Å². The van der Waals surface area contributed by atoms with Crippen molar-refractivity contribution in [3.63, 3.8) is 0 Å². The number of hydrogen-bond acceptors (Lipinski definition) is 4. The summed E-state index contributed by atoms with van der Waals surface area (Å²) < 4.78 is 4.64. The van der Waals surface area contributed by atoms with Crippen molar-refractivity contribution in [2.45, 2.75) is 25.0 Å². The Morgan fingerprint density at radius 3 is 2.82 bits per heavy atom. The molecule has 11 heavy (non-hydrogen) atoms. The molecule has 1 aliphatic heterocycles. The molecule has 1 heterocycles. The van der Waals surface area contributed by atoms with Gasteiger partial charge < -0.3 is 15.6 Å². The minimum Gasteiger partial charge on any atom is -0.480 e. The van der Waals surface area contributed by atoms with Crippen molar-refractivity contribution < 1.29 is 19.4 Å². The minimum absolute atomic E-state index is 0.269. The molecule has 5 nitrogen and oxygen atoms in total. The van der Waals surface area contributed by atoms with Gasteiger partial charge in [0, 0.05) is 6.42 Å². The molecule has 0 aromatic heterocycles. The van der Waals surface area contributed by atoms with E-state index in [1.165, 1.54) is 0 Å².